The second kappa shape index (κ2) is 8.43. The molecule has 3 heterocycles. The Morgan fingerprint density at radius 3 is 2.59 bits per heavy atom. The van der Waals surface area contributed by atoms with Gasteiger partial charge in [0.15, 0.2) is 5.76 Å². The van der Waals surface area contributed by atoms with Crippen molar-refractivity contribution >= 4 is 21.8 Å². The van der Waals surface area contributed by atoms with E-state index in [1.807, 2.05) is 6.92 Å². The fourth-order valence-corrected chi connectivity index (χ4v) is 5.22. The van der Waals surface area contributed by atoms with Gasteiger partial charge in [0.05, 0.1) is 12.0 Å². The maximum absolute atomic E-state index is 12.9. The lowest BCUT2D eigenvalue weighted by atomic mass is 10.0. The van der Waals surface area contributed by atoms with Crippen LogP contribution >= 0.6 is 0 Å². The van der Waals surface area contributed by atoms with Gasteiger partial charge in [-0.2, -0.15) is 0 Å². The summed E-state index contributed by atoms with van der Waals surface area (Å²) in [5, 5.41) is 0. The first-order valence-corrected chi connectivity index (χ1v) is 11.2. The molecule has 0 bridgehead atoms. The fraction of sp³-hybridized carbons (Fsp3) is 0.667. The molecule has 0 spiro atoms. The topological polar surface area (TPSA) is 99.9 Å². The van der Waals surface area contributed by atoms with E-state index in [4.69, 9.17) is 4.42 Å². The molecule has 8 nitrogen and oxygen atoms in total. The van der Waals surface area contributed by atoms with Crippen molar-refractivity contribution < 1.29 is 22.4 Å². The van der Waals surface area contributed by atoms with Gasteiger partial charge in [-0.15, -0.1) is 0 Å². The van der Waals surface area contributed by atoms with Crippen LogP contribution in [0.1, 0.15) is 49.6 Å². The Bertz CT molecular complexity index is 754. The van der Waals surface area contributed by atoms with Crippen molar-refractivity contribution in [3.05, 3.63) is 24.2 Å². The van der Waals surface area contributed by atoms with Crippen LogP contribution in [0.25, 0.3) is 0 Å². The number of hydrogen-bond acceptors (Lipinski definition) is 5. The third-order valence-corrected chi connectivity index (χ3v) is 6.79. The minimum Gasteiger partial charge on any atom is -0.459 e. The van der Waals surface area contributed by atoms with Crippen molar-refractivity contribution in [1.82, 2.24) is 14.5 Å². The Kier molecular flexibility index (Phi) is 6.21. The van der Waals surface area contributed by atoms with Crippen LogP contribution in [0.2, 0.25) is 0 Å². The normalized spacial score (nSPS) is 21.6. The van der Waals surface area contributed by atoms with Crippen molar-refractivity contribution in [2.45, 2.75) is 51.1 Å². The molecule has 2 amide bonds. The van der Waals surface area contributed by atoms with E-state index in [9.17, 15) is 18.0 Å². The second-order valence-electron chi connectivity index (χ2n) is 7.17. The van der Waals surface area contributed by atoms with E-state index in [0.717, 1.165) is 6.42 Å². The van der Waals surface area contributed by atoms with Crippen LogP contribution in [-0.2, 0) is 14.8 Å². The molecule has 2 aliphatic heterocycles. The molecule has 0 radical (unpaired) electrons. The number of hydrogen-bond donors (Lipinski definition) is 1. The molecular weight excluding hydrogens is 370 g/mol. The Morgan fingerprint density at radius 1 is 1.22 bits per heavy atom. The van der Waals surface area contributed by atoms with Gasteiger partial charge in [-0.1, -0.05) is 6.92 Å². The van der Waals surface area contributed by atoms with Gasteiger partial charge < -0.3 is 14.2 Å². The van der Waals surface area contributed by atoms with Crippen LogP contribution in [0, 0.1) is 0 Å². The predicted molar refractivity (Wildman–Crippen MR) is 99.6 cm³/mol. The van der Waals surface area contributed by atoms with Gasteiger partial charge in [0.2, 0.25) is 15.9 Å². The molecule has 1 N–H and O–H groups in total. The van der Waals surface area contributed by atoms with Gasteiger partial charge in [0.1, 0.15) is 6.04 Å². The summed E-state index contributed by atoms with van der Waals surface area (Å²) in [4.78, 5) is 28.9. The first-order chi connectivity index (χ1) is 12.9. The minimum atomic E-state index is -3.25. The zero-order valence-electron chi connectivity index (χ0n) is 15.6. The number of furan rings is 1. The molecular formula is C18H27N3O5S. The number of carbonyl (C=O) groups is 2. The maximum atomic E-state index is 12.9. The number of carbonyl (C=O) groups excluding carboxylic acids is 2. The third-order valence-electron chi connectivity index (χ3n) is 5.16. The number of sulfonamides is 1. The lowest BCUT2D eigenvalue weighted by Crippen LogP contribution is -2.52. The Balaban J connectivity index is 1.56. The van der Waals surface area contributed by atoms with E-state index in [1.54, 1.807) is 21.9 Å². The standard InChI is InChI=1S/C18H27N3O5S/c1-2-13-27(24,25)19-14-7-10-20(11-8-14)17(22)15-5-3-9-21(15)18(23)16-6-4-12-26-16/h4,6,12,14-15,19H,2-3,5,7-11,13H2,1H3/t15-/m0/s1. The minimum absolute atomic E-state index is 0.0535. The highest BCUT2D eigenvalue weighted by Crippen LogP contribution is 2.24. The highest BCUT2D eigenvalue weighted by atomic mass is 32.2. The van der Waals surface area contributed by atoms with Crippen molar-refractivity contribution in [2.24, 2.45) is 0 Å². The second-order valence-corrected chi connectivity index (χ2v) is 9.04. The van der Waals surface area contributed by atoms with Crippen LogP contribution in [-0.4, -0.2) is 67.5 Å². The molecule has 2 aliphatic rings. The molecule has 3 rings (SSSR count). The zero-order valence-corrected chi connectivity index (χ0v) is 16.4. The van der Waals surface area contributed by atoms with Gasteiger partial charge in [-0.25, -0.2) is 13.1 Å². The predicted octanol–water partition coefficient (Wildman–Crippen LogP) is 1.20. The summed E-state index contributed by atoms with van der Waals surface area (Å²) in [7, 11) is -3.25. The summed E-state index contributed by atoms with van der Waals surface area (Å²) in [5.74, 6) is 0.0667. The highest BCUT2D eigenvalue weighted by molar-refractivity contribution is 7.89. The average molecular weight is 397 g/mol. The van der Waals surface area contributed by atoms with Crippen LogP contribution in [0.15, 0.2) is 22.8 Å². The van der Waals surface area contributed by atoms with E-state index in [0.29, 0.717) is 45.3 Å². The van der Waals surface area contributed by atoms with Gasteiger partial charge in [-0.05, 0) is 44.2 Å². The van der Waals surface area contributed by atoms with Crippen molar-refractivity contribution in [3.63, 3.8) is 0 Å². The molecule has 0 aliphatic carbocycles. The number of likely N-dealkylation sites (tertiary alicyclic amines) is 2. The van der Waals surface area contributed by atoms with E-state index in [1.165, 1.54) is 6.26 Å². The third kappa shape index (κ3) is 4.70. The van der Waals surface area contributed by atoms with E-state index < -0.39 is 16.1 Å². The molecule has 150 valence electrons. The number of nitrogens with zero attached hydrogens (tertiary/aromatic N) is 2. The molecule has 1 aromatic heterocycles. The van der Waals surface area contributed by atoms with Crippen LogP contribution in [0.5, 0.6) is 0 Å². The van der Waals surface area contributed by atoms with Crippen LogP contribution < -0.4 is 4.72 Å². The summed E-state index contributed by atoms with van der Waals surface area (Å²) in [6.07, 6.45) is 4.64. The van der Waals surface area contributed by atoms with Crippen molar-refractivity contribution in [2.75, 3.05) is 25.4 Å². The Hall–Kier alpha value is -1.87. The van der Waals surface area contributed by atoms with Crippen molar-refractivity contribution in [1.29, 1.82) is 0 Å². The molecule has 1 atom stereocenters. The van der Waals surface area contributed by atoms with Gasteiger partial charge in [-0.3, -0.25) is 9.59 Å². The van der Waals surface area contributed by atoms with E-state index in [-0.39, 0.29) is 29.4 Å². The smallest absolute Gasteiger partial charge is 0.290 e. The van der Waals surface area contributed by atoms with Gasteiger partial charge >= 0.3 is 0 Å². The summed E-state index contributed by atoms with van der Waals surface area (Å²) in [6.45, 7) is 3.37. The van der Waals surface area contributed by atoms with Crippen molar-refractivity contribution in [3.8, 4) is 0 Å². The molecule has 1 aromatic rings. The Morgan fingerprint density at radius 2 is 1.96 bits per heavy atom. The molecule has 2 saturated heterocycles. The van der Waals surface area contributed by atoms with Crippen LogP contribution in [0.4, 0.5) is 0 Å². The molecule has 9 heteroatoms. The van der Waals surface area contributed by atoms with E-state index >= 15 is 0 Å². The number of amides is 2. The maximum Gasteiger partial charge on any atom is 0.290 e. The summed E-state index contributed by atoms with van der Waals surface area (Å²) in [5.41, 5.74) is 0. The first kappa shape index (κ1) is 19.9. The number of piperidine rings is 1. The number of nitrogens with one attached hydrogen (secondary N) is 1. The zero-order chi connectivity index (χ0) is 19.4. The largest absolute Gasteiger partial charge is 0.459 e. The summed E-state index contributed by atoms with van der Waals surface area (Å²) >= 11 is 0. The molecule has 0 aromatic carbocycles. The molecule has 0 saturated carbocycles. The monoisotopic (exact) mass is 397 g/mol. The molecule has 0 unspecified atom stereocenters. The SMILES string of the molecule is CCCS(=O)(=O)NC1CCN(C(=O)[C@@H]2CCCN2C(=O)c2ccco2)CC1. The Labute approximate surface area is 159 Å². The van der Waals surface area contributed by atoms with E-state index in [2.05, 4.69) is 4.72 Å². The highest BCUT2D eigenvalue weighted by Gasteiger charge is 2.38. The first-order valence-electron chi connectivity index (χ1n) is 9.54. The molecule has 27 heavy (non-hydrogen) atoms. The quantitative estimate of drug-likeness (QED) is 0.778. The number of rotatable bonds is 6. The summed E-state index contributed by atoms with van der Waals surface area (Å²) in [6, 6.07) is 2.67. The lowest BCUT2D eigenvalue weighted by molar-refractivity contribution is -0.136. The van der Waals surface area contributed by atoms with Gasteiger partial charge in [0, 0.05) is 25.7 Å². The average Bonchev–Trinajstić information content (AvgIpc) is 3.32. The molecule has 2 fully saturated rings. The fourth-order valence-electron chi connectivity index (χ4n) is 3.82. The summed E-state index contributed by atoms with van der Waals surface area (Å²) < 4.78 is 31.7. The van der Waals surface area contributed by atoms with Gasteiger partial charge in [0.25, 0.3) is 5.91 Å². The lowest BCUT2D eigenvalue weighted by Gasteiger charge is -2.35. The van der Waals surface area contributed by atoms with Crippen LogP contribution in [0.3, 0.4) is 0 Å².